The van der Waals surface area contributed by atoms with Crippen LogP contribution in [0.1, 0.15) is 59.7 Å². The van der Waals surface area contributed by atoms with Crippen LogP contribution < -0.4 is 5.73 Å². The second-order valence-electron chi connectivity index (χ2n) is 4.72. The van der Waals surface area contributed by atoms with Crippen molar-refractivity contribution in [1.29, 1.82) is 5.26 Å². The smallest absolute Gasteiger partial charge is 0.337 e. The molecule has 102 valence electrons. The Balaban J connectivity index is 3.07. The number of carboxylic acid groups (broad SMARTS) is 1. The Morgan fingerprint density at radius 3 is 2.63 bits per heavy atom. The van der Waals surface area contributed by atoms with E-state index in [1.54, 1.807) is 6.92 Å². The topological polar surface area (TPSA) is 87.1 Å². The third-order valence-electron chi connectivity index (χ3n) is 3.39. The van der Waals surface area contributed by atoms with Crippen molar-refractivity contribution >= 4 is 11.7 Å². The quantitative estimate of drug-likeness (QED) is 0.607. The van der Waals surface area contributed by atoms with E-state index in [1.807, 2.05) is 0 Å². The third kappa shape index (κ3) is 3.47. The van der Waals surface area contributed by atoms with E-state index in [-0.39, 0.29) is 11.3 Å². The summed E-state index contributed by atoms with van der Waals surface area (Å²) in [6.45, 7) is 3.93. The van der Waals surface area contributed by atoms with E-state index in [1.165, 1.54) is 12.5 Å². The van der Waals surface area contributed by atoms with Crippen molar-refractivity contribution in [3.8, 4) is 6.07 Å². The van der Waals surface area contributed by atoms with Crippen LogP contribution in [0.4, 0.5) is 5.69 Å². The zero-order valence-electron chi connectivity index (χ0n) is 11.5. The number of aromatic carboxylic acids is 1. The molecule has 0 saturated carbocycles. The first-order valence-electron chi connectivity index (χ1n) is 6.58. The number of nitriles is 1. The molecular weight excluding hydrogens is 240 g/mol. The molecule has 0 unspecified atom stereocenters. The Labute approximate surface area is 113 Å². The SMILES string of the molecule is CCCCCCc1c(C#N)cc(C(=O)O)c(N)c1C. The van der Waals surface area contributed by atoms with Crippen LogP contribution in [0.25, 0.3) is 0 Å². The van der Waals surface area contributed by atoms with Gasteiger partial charge in [0.25, 0.3) is 0 Å². The number of nitrogen functional groups attached to an aromatic ring is 1. The first kappa shape index (κ1) is 15.0. The van der Waals surface area contributed by atoms with Crippen LogP contribution in [0.3, 0.4) is 0 Å². The maximum Gasteiger partial charge on any atom is 0.337 e. The molecule has 0 fully saturated rings. The van der Waals surface area contributed by atoms with Gasteiger partial charge in [0, 0.05) is 5.69 Å². The maximum atomic E-state index is 11.1. The van der Waals surface area contributed by atoms with Crippen LogP contribution in [0.15, 0.2) is 6.07 Å². The number of rotatable bonds is 6. The van der Waals surface area contributed by atoms with Crippen molar-refractivity contribution in [2.45, 2.75) is 46.0 Å². The van der Waals surface area contributed by atoms with Crippen molar-refractivity contribution in [2.75, 3.05) is 5.73 Å². The highest BCUT2D eigenvalue weighted by Crippen LogP contribution is 2.26. The lowest BCUT2D eigenvalue weighted by Crippen LogP contribution is -2.08. The van der Waals surface area contributed by atoms with Gasteiger partial charge in [0.2, 0.25) is 0 Å². The lowest BCUT2D eigenvalue weighted by Gasteiger charge is -2.13. The number of carbonyl (C=O) groups is 1. The minimum Gasteiger partial charge on any atom is -0.478 e. The summed E-state index contributed by atoms with van der Waals surface area (Å²) in [5, 5.41) is 18.2. The standard InChI is InChI=1S/C15H20N2O2/c1-3-4-5-6-7-12-10(2)14(17)13(15(18)19)8-11(12)9-16/h8H,3-7,17H2,1-2H3,(H,18,19). The second kappa shape index (κ2) is 6.79. The predicted molar refractivity (Wildman–Crippen MR) is 75.1 cm³/mol. The number of hydrogen-bond acceptors (Lipinski definition) is 3. The highest BCUT2D eigenvalue weighted by atomic mass is 16.4. The molecule has 1 rings (SSSR count). The molecule has 0 aliphatic rings. The summed E-state index contributed by atoms with van der Waals surface area (Å²) in [6, 6.07) is 3.47. The van der Waals surface area contributed by atoms with E-state index in [4.69, 9.17) is 16.1 Å². The van der Waals surface area contributed by atoms with Gasteiger partial charge in [-0.1, -0.05) is 26.2 Å². The van der Waals surface area contributed by atoms with Crippen LogP contribution in [-0.4, -0.2) is 11.1 Å². The number of carboxylic acids is 1. The Morgan fingerprint density at radius 1 is 1.42 bits per heavy atom. The summed E-state index contributed by atoms with van der Waals surface area (Å²) in [6.07, 6.45) is 5.21. The zero-order valence-corrected chi connectivity index (χ0v) is 11.5. The molecular formula is C15H20N2O2. The molecule has 0 radical (unpaired) electrons. The third-order valence-corrected chi connectivity index (χ3v) is 3.39. The number of hydrogen-bond donors (Lipinski definition) is 2. The lowest BCUT2D eigenvalue weighted by atomic mass is 9.93. The van der Waals surface area contributed by atoms with E-state index in [2.05, 4.69) is 13.0 Å². The maximum absolute atomic E-state index is 11.1. The summed E-state index contributed by atoms with van der Waals surface area (Å²) in [5.74, 6) is -1.09. The van der Waals surface area contributed by atoms with Gasteiger partial charge in [0.15, 0.2) is 0 Å². The molecule has 0 bridgehead atoms. The van der Waals surface area contributed by atoms with Crippen molar-refractivity contribution in [2.24, 2.45) is 0 Å². The van der Waals surface area contributed by atoms with E-state index >= 15 is 0 Å². The molecule has 0 spiro atoms. The van der Waals surface area contributed by atoms with E-state index < -0.39 is 5.97 Å². The Kier molecular flexibility index (Phi) is 5.37. The molecule has 1 aromatic carbocycles. The van der Waals surface area contributed by atoms with Crippen LogP contribution >= 0.6 is 0 Å². The van der Waals surface area contributed by atoms with Gasteiger partial charge in [-0.3, -0.25) is 0 Å². The van der Waals surface area contributed by atoms with Gasteiger partial charge in [0.05, 0.1) is 17.2 Å². The van der Waals surface area contributed by atoms with Crippen molar-refractivity contribution < 1.29 is 9.90 Å². The molecule has 0 aromatic heterocycles. The largest absolute Gasteiger partial charge is 0.478 e. The molecule has 0 heterocycles. The first-order valence-corrected chi connectivity index (χ1v) is 6.58. The fraction of sp³-hybridized carbons (Fsp3) is 0.467. The number of nitrogens with two attached hydrogens (primary N) is 1. The van der Waals surface area contributed by atoms with Crippen LogP contribution in [-0.2, 0) is 6.42 Å². The zero-order chi connectivity index (χ0) is 14.4. The van der Waals surface area contributed by atoms with Gasteiger partial charge in [-0.15, -0.1) is 0 Å². The monoisotopic (exact) mass is 260 g/mol. The van der Waals surface area contributed by atoms with Crippen molar-refractivity contribution in [3.63, 3.8) is 0 Å². The average molecular weight is 260 g/mol. The Hall–Kier alpha value is -2.02. The van der Waals surface area contributed by atoms with Gasteiger partial charge < -0.3 is 10.8 Å². The number of benzene rings is 1. The number of nitrogens with zero attached hydrogens (tertiary/aromatic N) is 1. The Morgan fingerprint density at radius 2 is 2.11 bits per heavy atom. The first-order chi connectivity index (χ1) is 9.02. The van der Waals surface area contributed by atoms with Crippen LogP contribution in [0.5, 0.6) is 0 Å². The van der Waals surface area contributed by atoms with Gasteiger partial charge >= 0.3 is 5.97 Å². The fourth-order valence-electron chi connectivity index (χ4n) is 2.20. The molecule has 3 N–H and O–H groups in total. The molecule has 4 heteroatoms. The minimum atomic E-state index is -1.09. The van der Waals surface area contributed by atoms with Gasteiger partial charge in [-0.05, 0) is 37.0 Å². The summed E-state index contributed by atoms with van der Waals surface area (Å²) in [5.41, 5.74) is 8.19. The molecule has 0 saturated heterocycles. The van der Waals surface area contributed by atoms with Gasteiger partial charge in [-0.25, -0.2) is 4.79 Å². The van der Waals surface area contributed by atoms with Crippen molar-refractivity contribution in [3.05, 3.63) is 28.3 Å². The number of anilines is 1. The average Bonchev–Trinajstić information content (AvgIpc) is 2.38. The van der Waals surface area contributed by atoms with Crippen LogP contribution in [0.2, 0.25) is 0 Å². The predicted octanol–water partition coefficient (Wildman–Crippen LogP) is 3.27. The summed E-state index contributed by atoms with van der Waals surface area (Å²) < 4.78 is 0. The Bertz CT molecular complexity index is 516. The number of unbranched alkanes of at least 4 members (excludes halogenated alkanes) is 3. The van der Waals surface area contributed by atoms with Crippen LogP contribution in [0, 0.1) is 18.3 Å². The van der Waals surface area contributed by atoms with E-state index in [0.29, 0.717) is 5.56 Å². The van der Waals surface area contributed by atoms with Crippen molar-refractivity contribution in [1.82, 2.24) is 0 Å². The fourth-order valence-corrected chi connectivity index (χ4v) is 2.20. The molecule has 0 amide bonds. The van der Waals surface area contributed by atoms with E-state index in [0.717, 1.165) is 36.8 Å². The highest BCUT2D eigenvalue weighted by Gasteiger charge is 2.16. The van der Waals surface area contributed by atoms with Gasteiger partial charge in [-0.2, -0.15) is 5.26 Å². The molecule has 1 aromatic rings. The summed E-state index contributed by atoms with van der Waals surface area (Å²) >= 11 is 0. The summed E-state index contributed by atoms with van der Waals surface area (Å²) in [7, 11) is 0. The highest BCUT2D eigenvalue weighted by molar-refractivity contribution is 5.95. The van der Waals surface area contributed by atoms with Gasteiger partial charge in [0.1, 0.15) is 0 Å². The molecule has 0 aliphatic heterocycles. The van der Waals surface area contributed by atoms with E-state index in [9.17, 15) is 4.79 Å². The second-order valence-corrected chi connectivity index (χ2v) is 4.72. The summed E-state index contributed by atoms with van der Waals surface area (Å²) in [4.78, 5) is 11.1. The minimum absolute atomic E-state index is 0.0198. The molecule has 19 heavy (non-hydrogen) atoms. The normalized spacial score (nSPS) is 10.2. The lowest BCUT2D eigenvalue weighted by molar-refractivity contribution is 0.0698. The molecule has 0 aliphatic carbocycles. The molecule has 4 nitrogen and oxygen atoms in total. The molecule has 0 atom stereocenters.